The molecule has 0 fully saturated rings. The molecule has 0 saturated carbocycles. The smallest absolute Gasteiger partial charge is 0.157 e. The van der Waals surface area contributed by atoms with Gasteiger partial charge in [0.05, 0.1) is 0 Å². The number of ketones is 1. The van der Waals surface area contributed by atoms with Crippen LogP contribution in [0, 0.1) is 5.82 Å². The summed E-state index contributed by atoms with van der Waals surface area (Å²) in [6.45, 7) is 1.34. The van der Waals surface area contributed by atoms with Crippen LogP contribution in [-0.2, 0) is 21.1 Å². The second-order valence-electron chi connectivity index (χ2n) is 3.85. The number of hydrogen-bond donors (Lipinski definition) is 0. The van der Waals surface area contributed by atoms with Crippen molar-refractivity contribution in [3.8, 4) is 0 Å². The van der Waals surface area contributed by atoms with Crippen LogP contribution in [0.3, 0.4) is 0 Å². The van der Waals surface area contributed by atoms with Gasteiger partial charge in [-0.1, -0.05) is 15.9 Å². The predicted octanol–water partition coefficient (Wildman–Crippen LogP) is 2.13. The van der Waals surface area contributed by atoms with Crippen molar-refractivity contribution in [1.82, 2.24) is 0 Å². The molecule has 0 heterocycles. The van der Waals surface area contributed by atoms with Crippen LogP contribution in [0.1, 0.15) is 12.5 Å². The highest BCUT2D eigenvalue weighted by molar-refractivity contribution is 9.10. The average molecular weight is 323 g/mol. The fraction of sp³-hybridized carbons (Fsp3) is 0.364. The zero-order chi connectivity index (χ0) is 13.2. The number of carbonyl (C=O) groups excluding carboxylic acids is 1. The zero-order valence-electron chi connectivity index (χ0n) is 9.41. The van der Waals surface area contributed by atoms with Crippen LogP contribution in [-0.4, -0.2) is 25.7 Å². The van der Waals surface area contributed by atoms with Gasteiger partial charge < -0.3 is 0 Å². The van der Waals surface area contributed by atoms with Crippen molar-refractivity contribution in [2.45, 2.75) is 18.6 Å². The minimum absolute atomic E-state index is 0.105. The van der Waals surface area contributed by atoms with Gasteiger partial charge in [0, 0.05) is 17.1 Å². The van der Waals surface area contributed by atoms with E-state index in [4.69, 9.17) is 0 Å². The standard InChI is InChI=1S/C11H12BrFO3S/c1-7(17(2,15)16)11(14)6-8-5-9(13)3-4-10(8)12/h3-5,7H,6H2,1-2H3. The van der Waals surface area contributed by atoms with Crippen molar-refractivity contribution in [3.63, 3.8) is 0 Å². The zero-order valence-corrected chi connectivity index (χ0v) is 11.8. The molecule has 0 aliphatic heterocycles. The van der Waals surface area contributed by atoms with E-state index >= 15 is 0 Å². The minimum atomic E-state index is -3.40. The fourth-order valence-corrected chi connectivity index (χ4v) is 2.20. The number of sulfone groups is 1. The first kappa shape index (κ1) is 14.3. The van der Waals surface area contributed by atoms with Crippen molar-refractivity contribution >= 4 is 31.6 Å². The molecular formula is C11H12BrFO3S. The molecule has 0 N–H and O–H groups in total. The third-order valence-electron chi connectivity index (χ3n) is 2.47. The molecule has 1 unspecified atom stereocenters. The quantitative estimate of drug-likeness (QED) is 0.853. The van der Waals surface area contributed by atoms with E-state index in [1.807, 2.05) is 0 Å². The van der Waals surface area contributed by atoms with Gasteiger partial charge in [-0.25, -0.2) is 12.8 Å². The van der Waals surface area contributed by atoms with Crippen molar-refractivity contribution < 1.29 is 17.6 Å². The Morgan fingerprint density at radius 1 is 1.47 bits per heavy atom. The first-order valence-corrected chi connectivity index (χ1v) is 7.62. The summed E-state index contributed by atoms with van der Waals surface area (Å²) in [5.74, 6) is -0.901. The maximum absolute atomic E-state index is 13.0. The van der Waals surface area contributed by atoms with E-state index in [1.165, 1.54) is 25.1 Å². The summed E-state index contributed by atoms with van der Waals surface area (Å²) in [4.78, 5) is 11.7. The normalized spacial score (nSPS) is 13.4. The van der Waals surface area contributed by atoms with Crippen LogP contribution in [0.15, 0.2) is 22.7 Å². The monoisotopic (exact) mass is 322 g/mol. The SMILES string of the molecule is CC(C(=O)Cc1cc(F)ccc1Br)S(C)(=O)=O. The highest BCUT2D eigenvalue weighted by atomic mass is 79.9. The molecule has 0 amide bonds. The van der Waals surface area contributed by atoms with Gasteiger partial charge in [0.2, 0.25) is 0 Å². The van der Waals surface area contributed by atoms with E-state index in [1.54, 1.807) is 0 Å². The number of hydrogen-bond acceptors (Lipinski definition) is 3. The molecule has 94 valence electrons. The summed E-state index contributed by atoms with van der Waals surface area (Å²) in [5.41, 5.74) is 0.450. The maximum Gasteiger partial charge on any atom is 0.157 e. The van der Waals surface area contributed by atoms with E-state index in [0.717, 1.165) is 6.26 Å². The Hall–Kier alpha value is -0.750. The molecular weight excluding hydrogens is 311 g/mol. The van der Waals surface area contributed by atoms with Gasteiger partial charge >= 0.3 is 0 Å². The van der Waals surface area contributed by atoms with Crippen LogP contribution in [0.5, 0.6) is 0 Å². The molecule has 3 nitrogen and oxygen atoms in total. The molecule has 0 spiro atoms. The van der Waals surface area contributed by atoms with Crippen molar-refractivity contribution in [2.75, 3.05) is 6.26 Å². The van der Waals surface area contributed by atoms with Crippen LogP contribution >= 0.6 is 15.9 Å². The second kappa shape index (κ2) is 5.27. The first-order chi connectivity index (χ1) is 7.71. The summed E-state index contributed by atoms with van der Waals surface area (Å²) in [6, 6.07) is 3.97. The topological polar surface area (TPSA) is 51.2 Å². The highest BCUT2D eigenvalue weighted by Gasteiger charge is 2.24. The molecule has 1 rings (SSSR count). The molecule has 0 aliphatic rings. The Morgan fingerprint density at radius 2 is 2.06 bits per heavy atom. The first-order valence-electron chi connectivity index (χ1n) is 4.87. The Morgan fingerprint density at radius 3 is 2.59 bits per heavy atom. The number of carbonyl (C=O) groups is 1. The lowest BCUT2D eigenvalue weighted by molar-refractivity contribution is -0.117. The van der Waals surface area contributed by atoms with Gasteiger partial charge in [-0.3, -0.25) is 4.79 Å². The fourth-order valence-electron chi connectivity index (χ4n) is 1.25. The van der Waals surface area contributed by atoms with Gasteiger partial charge in [0.1, 0.15) is 11.1 Å². The summed E-state index contributed by atoms with van der Waals surface area (Å²) in [6.07, 6.45) is 0.906. The number of halogens is 2. The summed E-state index contributed by atoms with van der Waals surface area (Å²) in [5, 5.41) is -1.07. The number of benzene rings is 1. The van der Waals surface area contributed by atoms with Crippen molar-refractivity contribution in [1.29, 1.82) is 0 Å². The van der Waals surface area contributed by atoms with Gasteiger partial charge in [-0.15, -0.1) is 0 Å². The molecule has 1 atom stereocenters. The minimum Gasteiger partial charge on any atom is -0.298 e. The molecule has 6 heteroatoms. The lowest BCUT2D eigenvalue weighted by Gasteiger charge is -2.09. The van der Waals surface area contributed by atoms with Gasteiger partial charge in [-0.05, 0) is 30.7 Å². The summed E-state index contributed by atoms with van der Waals surface area (Å²) in [7, 11) is -3.40. The maximum atomic E-state index is 13.0. The van der Waals surface area contributed by atoms with Crippen LogP contribution < -0.4 is 0 Å². The van der Waals surface area contributed by atoms with E-state index in [2.05, 4.69) is 15.9 Å². The van der Waals surface area contributed by atoms with Crippen LogP contribution in [0.25, 0.3) is 0 Å². The van der Waals surface area contributed by atoms with Gasteiger partial charge in [0.25, 0.3) is 0 Å². The molecule has 1 aromatic rings. The Balaban J connectivity index is 2.92. The summed E-state index contributed by atoms with van der Waals surface area (Å²) < 4.78 is 36.0. The lowest BCUT2D eigenvalue weighted by Crippen LogP contribution is -2.27. The van der Waals surface area contributed by atoms with Gasteiger partial charge in [0.15, 0.2) is 15.6 Å². The van der Waals surface area contributed by atoms with E-state index < -0.39 is 26.7 Å². The Bertz CT molecular complexity index is 540. The number of rotatable bonds is 4. The Kier molecular flexibility index (Phi) is 4.43. The van der Waals surface area contributed by atoms with Crippen molar-refractivity contribution in [3.05, 3.63) is 34.1 Å². The lowest BCUT2D eigenvalue weighted by atomic mass is 10.1. The molecule has 0 bridgehead atoms. The van der Waals surface area contributed by atoms with E-state index in [9.17, 15) is 17.6 Å². The van der Waals surface area contributed by atoms with E-state index in [0.29, 0.717) is 10.0 Å². The largest absolute Gasteiger partial charge is 0.298 e. The Labute approximate surface area is 108 Å². The molecule has 0 radical (unpaired) electrons. The molecule has 17 heavy (non-hydrogen) atoms. The summed E-state index contributed by atoms with van der Waals surface area (Å²) >= 11 is 3.19. The van der Waals surface area contributed by atoms with Crippen molar-refractivity contribution in [2.24, 2.45) is 0 Å². The third kappa shape index (κ3) is 3.89. The second-order valence-corrected chi connectivity index (χ2v) is 7.07. The molecule has 0 aliphatic carbocycles. The highest BCUT2D eigenvalue weighted by Crippen LogP contribution is 2.19. The molecule has 1 aromatic carbocycles. The third-order valence-corrected chi connectivity index (χ3v) is 4.79. The van der Waals surface area contributed by atoms with Gasteiger partial charge in [-0.2, -0.15) is 0 Å². The van der Waals surface area contributed by atoms with Crippen LogP contribution in [0.4, 0.5) is 4.39 Å². The van der Waals surface area contributed by atoms with Crippen LogP contribution in [0.2, 0.25) is 0 Å². The predicted molar refractivity (Wildman–Crippen MR) is 67.1 cm³/mol. The van der Waals surface area contributed by atoms with E-state index in [-0.39, 0.29) is 6.42 Å². The number of Topliss-reactive ketones (excluding diaryl/α,β-unsaturated/α-hetero) is 1. The molecule has 0 saturated heterocycles. The molecule has 0 aromatic heterocycles. The average Bonchev–Trinajstić information content (AvgIpc) is 2.21.